The van der Waals surface area contributed by atoms with Crippen molar-refractivity contribution in [3.8, 4) is 0 Å². The first-order chi connectivity index (χ1) is 8.42. The van der Waals surface area contributed by atoms with E-state index in [-0.39, 0.29) is 16.9 Å². The molecular weight excluding hydrogens is 222 g/mol. The first-order valence-corrected chi connectivity index (χ1v) is 7.75. The summed E-state index contributed by atoms with van der Waals surface area (Å²) in [6, 6.07) is 0. The van der Waals surface area contributed by atoms with E-state index in [0.29, 0.717) is 0 Å². The molecule has 4 fully saturated rings. The molecule has 1 N–H and O–H groups in total. The number of rotatable bonds is 3. The number of amides is 1. The first-order valence-electron chi connectivity index (χ1n) is 7.75. The molecule has 4 aliphatic rings. The molecule has 2 nitrogen and oxygen atoms in total. The lowest BCUT2D eigenvalue weighted by Crippen LogP contribution is -2.61. The molecule has 0 aliphatic heterocycles. The van der Waals surface area contributed by atoms with Crippen molar-refractivity contribution < 1.29 is 4.79 Å². The number of hydrogen-bond donors (Lipinski definition) is 1. The minimum atomic E-state index is -0.205. The monoisotopic (exact) mass is 249 g/mol. The zero-order valence-electron chi connectivity index (χ0n) is 12.1. The van der Waals surface area contributed by atoms with E-state index in [9.17, 15) is 4.79 Å². The van der Waals surface area contributed by atoms with Crippen LogP contribution in [-0.2, 0) is 4.79 Å². The molecule has 0 atom stereocenters. The van der Waals surface area contributed by atoms with Crippen molar-refractivity contribution in [1.82, 2.24) is 5.32 Å². The second kappa shape index (κ2) is 3.98. The van der Waals surface area contributed by atoms with Gasteiger partial charge in [-0.25, -0.2) is 0 Å². The highest BCUT2D eigenvalue weighted by Gasteiger charge is 2.52. The molecule has 0 aromatic carbocycles. The van der Waals surface area contributed by atoms with E-state index in [0.717, 1.165) is 24.2 Å². The lowest BCUT2D eigenvalue weighted by atomic mass is 9.53. The number of carbonyl (C=O) groups excluding carboxylic acids is 1. The summed E-state index contributed by atoms with van der Waals surface area (Å²) in [7, 11) is 0. The summed E-state index contributed by atoms with van der Waals surface area (Å²) in [5.74, 6) is 3.00. The first kappa shape index (κ1) is 12.5. The van der Waals surface area contributed by atoms with Gasteiger partial charge in [0.05, 0.1) is 0 Å². The smallest absolute Gasteiger partial charge is 0.226 e. The van der Waals surface area contributed by atoms with Gasteiger partial charge in [-0.05, 0) is 62.7 Å². The molecule has 0 unspecified atom stereocenters. The van der Waals surface area contributed by atoms with Crippen LogP contribution in [0.3, 0.4) is 0 Å². The second-order valence-electron chi connectivity index (χ2n) is 7.89. The van der Waals surface area contributed by atoms with Crippen LogP contribution in [0.5, 0.6) is 0 Å². The Bertz CT molecular complexity index is 323. The molecule has 0 heterocycles. The van der Waals surface area contributed by atoms with Gasteiger partial charge in [0.25, 0.3) is 0 Å². The summed E-state index contributed by atoms with van der Waals surface area (Å²) >= 11 is 0. The zero-order valence-corrected chi connectivity index (χ0v) is 12.1. The average molecular weight is 249 g/mol. The molecule has 0 radical (unpaired) electrons. The molecule has 4 bridgehead atoms. The summed E-state index contributed by atoms with van der Waals surface area (Å²) < 4.78 is 0. The van der Waals surface area contributed by atoms with Gasteiger partial charge in [0.2, 0.25) is 5.91 Å². The van der Waals surface area contributed by atoms with Crippen LogP contribution >= 0.6 is 0 Å². The maximum Gasteiger partial charge on any atom is 0.226 e. The van der Waals surface area contributed by atoms with Gasteiger partial charge in [-0.2, -0.15) is 0 Å². The predicted molar refractivity (Wildman–Crippen MR) is 73.1 cm³/mol. The van der Waals surface area contributed by atoms with Crippen LogP contribution in [-0.4, -0.2) is 11.4 Å². The Labute approximate surface area is 111 Å². The fourth-order valence-electron chi connectivity index (χ4n) is 4.83. The minimum Gasteiger partial charge on any atom is -0.350 e. The third-order valence-electron chi connectivity index (χ3n) is 5.92. The molecular formula is C16H27NO. The molecule has 0 aromatic rings. The van der Waals surface area contributed by atoms with Gasteiger partial charge in [0, 0.05) is 11.0 Å². The van der Waals surface area contributed by atoms with Crippen LogP contribution in [0.2, 0.25) is 0 Å². The van der Waals surface area contributed by atoms with Crippen LogP contribution in [0.4, 0.5) is 0 Å². The van der Waals surface area contributed by atoms with Crippen LogP contribution in [0.1, 0.15) is 65.7 Å². The van der Waals surface area contributed by atoms with Gasteiger partial charge < -0.3 is 5.32 Å². The quantitative estimate of drug-likeness (QED) is 0.815. The Morgan fingerprint density at radius 2 is 1.56 bits per heavy atom. The van der Waals surface area contributed by atoms with Crippen molar-refractivity contribution in [2.75, 3.05) is 0 Å². The number of hydrogen-bond acceptors (Lipinski definition) is 1. The third-order valence-corrected chi connectivity index (χ3v) is 5.92. The van der Waals surface area contributed by atoms with Crippen molar-refractivity contribution in [2.45, 2.75) is 71.3 Å². The molecule has 0 spiro atoms. The molecule has 4 aliphatic carbocycles. The summed E-state index contributed by atoms with van der Waals surface area (Å²) in [6.07, 6.45) is 9.00. The summed E-state index contributed by atoms with van der Waals surface area (Å²) in [5.41, 5.74) is -0.0262. The Kier molecular flexibility index (Phi) is 2.76. The van der Waals surface area contributed by atoms with Gasteiger partial charge in [-0.3, -0.25) is 4.79 Å². The molecule has 1 amide bonds. The molecule has 102 valence electrons. The molecule has 4 rings (SSSR count). The van der Waals surface area contributed by atoms with E-state index in [1.54, 1.807) is 0 Å². The molecule has 2 heteroatoms. The van der Waals surface area contributed by atoms with E-state index < -0.39 is 0 Å². The highest BCUT2D eigenvalue weighted by molar-refractivity contribution is 5.82. The maximum absolute atomic E-state index is 12.5. The van der Waals surface area contributed by atoms with Crippen molar-refractivity contribution in [1.29, 1.82) is 0 Å². The summed E-state index contributed by atoms with van der Waals surface area (Å²) in [6.45, 7) is 6.25. The maximum atomic E-state index is 12.5. The van der Waals surface area contributed by atoms with Crippen molar-refractivity contribution in [2.24, 2.45) is 23.2 Å². The average Bonchev–Trinajstić information content (AvgIpc) is 2.26. The summed E-state index contributed by atoms with van der Waals surface area (Å²) in [5, 5.41) is 3.48. The van der Waals surface area contributed by atoms with Crippen molar-refractivity contribution in [3.63, 3.8) is 0 Å². The number of carbonyl (C=O) groups is 1. The lowest BCUT2D eigenvalue weighted by molar-refractivity contribution is -0.135. The molecule has 0 saturated heterocycles. The Morgan fingerprint density at radius 3 is 1.94 bits per heavy atom. The van der Waals surface area contributed by atoms with E-state index in [4.69, 9.17) is 0 Å². The SMILES string of the molecule is CCC(C)(C)C(=O)NC12CC3CC(CC(C3)C1)C2. The van der Waals surface area contributed by atoms with Gasteiger partial charge in [-0.15, -0.1) is 0 Å². The summed E-state index contributed by atoms with van der Waals surface area (Å²) in [4.78, 5) is 12.5. The highest BCUT2D eigenvalue weighted by atomic mass is 16.2. The van der Waals surface area contributed by atoms with Gasteiger partial charge in [-0.1, -0.05) is 20.8 Å². The van der Waals surface area contributed by atoms with E-state index in [2.05, 4.69) is 26.1 Å². The largest absolute Gasteiger partial charge is 0.350 e. The lowest BCUT2D eigenvalue weighted by Gasteiger charge is -2.57. The highest BCUT2D eigenvalue weighted by Crippen LogP contribution is 2.55. The van der Waals surface area contributed by atoms with E-state index in [1.807, 2.05) is 0 Å². The number of nitrogens with one attached hydrogen (secondary N) is 1. The molecule has 4 saturated carbocycles. The van der Waals surface area contributed by atoms with Crippen molar-refractivity contribution in [3.05, 3.63) is 0 Å². The minimum absolute atomic E-state index is 0.179. The zero-order chi connectivity index (χ0) is 13.0. The van der Waals surface area contributed by atoms with E-state index >= 15 is 0 Å². The Balaban J connectivity index is 1.74. The van der Waals surface area contributed by atoms with Gasteiger partial charge in [0.1, 0.15) is 0 Å². The third kappa shape index (κ3) is 1.98. The second-order valence-corrected chi connectivity index (χ2v) is 7.89. The van der Waals surface area contributed by atoms with Crippen LogP contribution in [0, 0.1) is 23.2 Å². The Hall–Kier alpha value is -0.530. The van der Waals surface area contributed by atoms with Crippen LogP contribution < -0.4 is 5.32 Å². The van der Waals surface area contributed by atoms with E-state index in [1.165, 1.54) is 38.5 Å². The topological polar surface area (TPSA) is 29.1 Å². The van der Waals surface area contributed by atoms with Crippen LogP contribution in [0.25, 0.3) is 0 Å². The van der Waals surface area contributed by atoms with Crippen LogP contribution in [0.15, 0.2) is 0 Å². The Morgan fingerprint density at radius 1 is 1.11 bits per heavy atom. The van der Waals surface area contributed by atoms with Gasteiger partial charge >= 0.3 is 0 Å². The molecule has 0 aromatic heterocycles. The predicted octanol–water partition coefficient (Wildman–Crippen LogP) is 3.51. The fraction of sp³-hybridized carbons (Fsp3) is 0.938. The fourth-order valence-corrected chi connectivity index (χ4v) is 4.83. The van der Waals surface area contributed by atoms with Gasteiger partial charge in [0.15, 0.2) is 0 Å². The van der Waals surface area contributed by atoms with Crippen molar-refractivity contribution >= 4 is 5.91 Å². The standard InChI is InChI=1S/C16H27NO/c1-4-15(2,3)14(18)17-16-8-11-5-12(9-16)7-13(6-11)10-16/h11-13H,4-10H2,1-3H3,(H,17,18). The normalized spacial score (nSPS) is 42.1. The molecule has 18 heavy (non-hydrogen) atoms.